The van der Waals surface area contributed by atoms with Crippen molar-refractivity contribution in [2.75, 3.05) is 7.05 Å². The number of sulfonamides is 1. The Hall–Kier alpha value is -0.430. The highest BCUT2D eigenvalue weighted by molar-refractivity contribution is 7.89. The molecule has 0 unspecified atom stereocenters. The standard InChI is InChI=1S/C12H22N2O2S2/c1-6-12(3,4)14-18(15,16)11-9(2)8-17-10(11)7-13-5/h8,13-14H,6-7H2,1-5H3. The van der Waals surface area contributed by atoms with Crippen molar-refractivity contribution in [2.24, 2.45) is 0 Å². The summed E-state index contributed by atoms with van der Waals surface area (Å²) in [6, 6.07) is 0. The summed E-state index contributed by atoms with van der Waals surface area (Å²) < 4.78 is 27.7. The average Bonchev–Trinajstić information content (AvgIpc) is 2.59. The smallest absolute Gasteiger partial charge is 0.242 e. The van der Waals surface area contributed by atoms with Crippen LogP contribution in [0.4, 0.5) is 0 Å². The molecular weight excluding hydrogens is 268 g/mol. The van der Waals surface area contributed by atoms with Crippen LogP contribution in [0.1, 0.15) is 37.6 Å². The van der Waals surface area contributed by atoms with Gasteiger partial charge in [-0.1, -0.05) is 6.92 Å². The first-order chi connectivity index (χ1) is 8.23. The second kappa shape index (κ2) is 5.69. The molecule has 0 aliphatic heterocycles. The fourth-order valence-corrected chi connectivity index (χ4v) is 4.93. The van der Waals surface area contributed by atoms with Crippen molar-refractivity contribution in [3.8, 4) is 0 Å². The number of thiophene rings is 1. The van der Waals surface area contributed by atoms with Crippen molar-refractivity contribution >= 4 is 21.4 Å². The van der Waals surface area contributed by atoms with E-state index in [0.29, 0.717) is 11.4 Å². The molecule has 0 amide bonds. The van der Waals surface area contributed by atoms with Gasteiger partial charge in [-0.05, 0) is 45.2 Å². The van der Waals surface area contributed by atoms with Gasteiger partial charge in [-0.3, -0.25) is 0 Å². The van der Waals surface area contributed by atoms with Gasteiger partial charge in [-0.25, -0.2) is 13.1 Å². The normalized spacial score (nSPS) is 12.9. The molecule has 4 nitrogen and oxygen atoms in total. The highest BCUT2D eigenvalue weighted by Crippen LogP contribution is 2.28. The average molecular weight is 290 g/mol. The molecule has 1 heterocycles. The van der Waals surface area contributed by atoms with Crippen molar-refractivity contribution < 1.29 is 8.42 Å². The van der Waals surface area contributed by atoms with Crippen LogP contribution in [-0.2, 0) is 16.6 Å². The molecule has 104 valence electrons. The van der Waals surface area contributed by atoms with Crippen LogP contribution < -0.4 is 10.0 Å². The van der Waals surface area contributed by atoms with Gasteiger partial charge in [0.05, 0.1) is 0 Å². The van der Waals surface area contributed by atoms with Crippen LogP contribution in [0.5, 0.6) is 0 Å². The van der Waals surface area contributed by atoms with Crippen LogP contribution in [0.25, 0.3) is 0 Å². The predicted molar refractivity (Wildman–Crippen MR) is 76.5 cm³/mol. The van der Waals surface area contributed by atoms with Crippen LogP contribution >= 0.6 is 11.3 Å². The van der Waals surface area contributed by atoms with Gasteiger partial charge in [0.2, 0.25) is 10.0 Å². The van der Waals surface area contributed by atoms with Crippen molar-refractivity contribution in [2.45, 2.75) is 51.1 Å². The predicted octanol–water partition coefficient (Wildman–Crippen LogP) is 2.24. The van der Waals surface area contributed by atoms with Crippen LogP contribution in [0.2, 0.25) is 0 Å². The van der Waals surface area contributed by atoms with E-state index in [1.54, 1.807) is 0 Å². The van der Waals surface area contributed by atoms with E-state index in [0.717, 1.165) is 16.9 Å². The Balaban J connectivity index is 3.16. The molecule has 0 bridgehead atoms. The molecule has 0 aliphatic carbocycles. The highest BCUT2D eigenvalue weighted by atomic mass is 32.2. The molecule has 1 rings (SSSR count). The maximum absolute atomic E-state index is 12.5. The second-order valence-electron chi connectivity index (χ2n) is 5.04. The number of aryl methyl sites for hydroxylation is 1. The molecule has 0 aliphatic rings. The lowest BCUT2D eigenvalue weighted by Crippen LogP contribution is -2.43. The molecule has 1 aromatic heterocycles. The monoisotopic (exact) mass is 290 g/mol. The Morgan fingerprint density at radius 2 is 2.00 bits per heavy atom. The Kier molecular flexibility index (Phi) is 4.94. The van der Waals surface area contributed by atoms with Crippen LogP contribution in [0.3, 0.4) is 0 Å². The van der Waals surface area contributed by atoms with Crippen molar-refractivity contribution in [1.82, 2.24) is 10.0 Å². The number of hydrogen-bond acceptors (Lipinski definition) is 4. The maximum Gasteiger partial charge on any atom is 0.242 e. The zero-order chi connectivity index (χ0) is 14.0. The number of rotatable bonds is 6. The molecule has 0 radical (unpaired) electrons. The molecule has 0 aromatic carbocycles. The molecule has 0 spiro atoms. The molecule has 0 saturated carbocycles. The molecule has 0 fully saturated rings. The first-order valence-corrected chi connectivity index (χ1v) is 8.35. The van der Waals surface area contributed by atoms with Crippen molar-refractivity contribution in [3.05, 3.63) is 15.8 Å². The second-order valence-corrected chi connectivity index (χ2v) is 7.63. The molecule has 2 N–H and O–H groups in total. The summed E-state index contributed by atoms with van der Waals surface area (Å²) in [5.74, 6) is 0. The van der Waals surface area contributed by atoms with Gasteiger partial charge in [0.1, 0.15) is 4.90 Å². The lowest BCUT2D eigenvalue weighted by Gasteiger charge is -2.24. The van der Waals surface area contributed by atoms with Gasteiger partial charge in [-0.15, -0.1) is 11.3 Å². The fraction of sp³-hybridized carbons (Fsp3) is 0.667. The molecule has 1 aromatic rings. The van der Waals surface area contributed by atoms with Gasteiger partial charge < -0.3 is 5.32 Å². The minimum absolute atomic E-state index is 0.426. The minimum Gasteiger partial charge on any atom is -0.315 e. The summed E-state index contributed by atoms with van der Waals surface area (Å²) in [5, 5.41) is 4.89. The van der Waals surface area contributed by atoms with Crippen molar-refractivity contribution in [3.63, 3.8) is 0 Å². The largest absolute Gasteiger partial charge is 0.315 e. The Bertz CT molecular complexity index is 504. The van der Waals surface area contributed by atoms with Crippen LogP contribution in [-0.4, -0.2) is 21.0 Å². The molecule has 6 heteroatoms. The summed E-state index contributed by atoms with van der Waals surface area (Å²) in [5.41, 5.74) is 0.383. The third kappa shape index (κ3) is 3.54. The van der Waals surface area contributed by atoms with Gasteiger partial charge in [0.15, 0.2) is 0 Å². The Morgan fingerprint density at radius 1 is 1.39 bits per heavy atom. The van der Waals surface area contributed by atoms with Crippen molar-refractivity contribution in [1.29, 1.82) is 0 Å². The number of hydrogen-bond donors (Lipinski definition) is 2. The minimum atomic E-state index is -3.45. The van der Waals surface area contributed by atoms with E-state index in [-0.39, 0.29) is 0 Å². The first-order valence-electron chi connectivity index (χ1n) is 5.99. The molecule has 0 saturated heterocycles. The zero-order valence-corrected chi connectivity index (χ0v) is 13.3. The number of nitrogens with one attached hydrogen (secondary N) is 2. The highest BCUT2D eigenvalue weighted by Gasteiger charge is 2.28. The quantitative estimate of drug-likeness (QED) is 0.845. The van der Waals surface area contributed by atoms with E-state index < -0.39 is 15.6 Å². The fourth-order valence-electron chi connectivity index (χ4n) is 1.62. The third-order valence-corrected chi connectivity index (χ3v) is 6.05. The lowest BCUT2D eigenvalue weighted by atomic mass is 10.0. The third-order valence-electron chi connectivity index (χ3n) is 2.89. The van der Waals surface area contributed by atoms with E-state index in [1.165, 1.54) is 11.3 Å². The maximum atomic E-state index is 12.5. The summed E-state index contributed by atoms with van der Waals surface area (Å²) >= 11 is 1.48. The summed E-state index contributed by atoms with van der Waals surface area (Å²) in [4.78, 5) is 1.29. The summed E-state index contributed by atoms with van der Waals surface area (Å²) in [6.45, 7) is 8.16. The zero-order valence-electron chi connectivity index (χ0n) is 11.6. The summed E-state index contributed by atoms with van der Waals surface area (Å²) in [7, 11) is -1.64. The van der Waals surface area contributed by atoms with E-state index in [1.807, 2.05) is 40.1 Å². The van der Waals surface area contributed by atoms with Gasteiger partial charge in [0, 0.05) is 17.0 Å². The van der Waals surface area contributed by atoms with Crippen LogP contribution in [0.15, 0.2) is 10.3 Å². The lowest BCUT2D eigenvalue weighted by molar-refractivity contribution is 0.439. The Morgan fingerprint density at radius 3 is 2.50 bits per heavy atom. The van der Waals surface area contributed by atoms with E-state index in [9.17, 15) is 8.42 Å². The van der Waals surface area contributed by atoms with Gasteiger partial charge in [0.25, 0.3) is 0 Å². The van der Waals surface area contributed by atoms with E-state index >= 15 is 0 Å². The molecule has 18 heavy (non-hydrogen) atoms. The first kappa shape index (κ1) is 15.6. The van der Waals surface area contributed by atoms with Crippen LogP contribution in [0, 0.1) is 6.92 Å². The SMILES string of the molecule is CCC(C)(C)NS(=O)(=O)c1c(C)csc1CNC. The molecular formula is C12H22N2O2S2. The van der Waals surface area contributed by atoms with E-state index in [2.05, 4.69) is 10.0 Å². The molecule has 0 atom stereocenters. The summed E-state index contributed by atoms with van der Waals surface area (Å²) in [6.07, 6.45) is 0.747. The van der Waals surface area contributed by atoms with Gasteiger partial charge >= 0.3 is 0 Å². The Labute approximate surface area is 114 Å². The van der Waals surface area contributed by atoms with E-state index in [4.69, 9.17) is 0 Å². The topological polar surface area (TPSA) is 58.2 Å². The van der Waals surface area contributed by atoms with Gasteiger partial charge in [-0.2, -0.15) is 0 Å².